The first kappa shape index (κ1) is 9.01. The molecule has 3 atom stereocenters. The molecule has 1 heterocycles. The van der Waals surface area contributed by atoms with E-state index in [-0.39, 0.29) is 6.04 Å². The lowest BCUT2D eigenvalue weighted by Crippen LogP contribution is -2.34. The predicted molar refractivity (Wildman–Crippen MR) is 46.5 cm³/mol. The zero-order valence-corrected chi connectivity index (χ0v) is 7.55. The van der Waals surface area contributed by atoms with Crippen LogP contribution in [0.2, 0.25) is 0 Å². The molecule has 1 rings (SSSR count). The maximum atomic E-state index is 5.93. The van der Waals surface area contributed by atoms with Gasteiger partial charge in [0.2, 0.25) is 0 Å². The molecule has 2 nitrogen and oxygen atoms in total. The van der Waals surface area contributed by atoms with Gasteiger partial charge >= 0.3 is 0 Å². The molecule has 0 aromatic carbocycles. The predicted octanol–water partition coefficient (Wildman–Crippen LogP) is 1.68. The van der Waals surface area contributed by atoms with E-state index in [0.29, 0.717) is 12.2 Å². The van der Waals surface area contributed by atoms with Crippen molar-refractivity contribution in [2.45, 2.75) is 57.8 Å². The second kappa shape index (κ2) is 4.07. The third-order valence-corrected chi connectivity index (χ3v) is 2.36. The SMILES string of the molecule is CCC[C@@H](N)C1CCC(C)O1. The average Bonchev–Trinajstić information content (AvgIpc) is 2.36. The molecule has 2 unspecified atom stereocenters. The van der Waals surface area contributed by atoms with Crippen LogP contribution in [-0.2, 0) is 4.74 Å². The molecule has 2 N–H and O–H groups in total. The molecule has 0 radical (unpaired) electrons. The fourth-order valence-corrected chi connectivity index (χ4v) is 1.67. The molecule has 0 bridgehead atoms. The molecule has 0 saturated carbocycles. The van der Waals surface area contributed by atoms with E-state index in [2.05, 4.69) is 13.8 Å². The van der Waals surface area contributed by atoms with Gasteiger partial charge in [-0.05, 0) is 26.2 Å². The Morgan fingerprint density at radius 2 is 2.27 bits per heavy atom. The Morgan fingerprint density at radius 1 is 1.55 bits per heavy atom. The maximum absolute atomic E-state index is 5.93. The van der Waals surface area contributed by atoms with Crippen LogP contribution in [0.1, 0.15) is 39.5 Å². The van der Waals surface area contributed by atoms with Crippen molar-refractivity contribution in [2.24, 2.45) is 5.73 Å². The van der Waals surface area contributed by atoms with Crippen LogP contribution in [0.4, 0.5) is 0 Å². The van der Waals surface area contributed by atoms with Gasteiger partial charge in [0.05, 0.1) is 12.2 Å². The molecule has 2 heteroatoms. The van der Waals surface area contributed by atoms with Gasteiger partial charge in [0.15, 0.2) is 0 Å². The standard InChI is InChI=1S/C9H19NO/c1-3-4-8(10)9-6-5-7(2)11-9/h7-9H,3-6,10H2,1-2H3/t7?,8-,9?/m1/s1. The first-order valence-corrected chi connectivity index (χ1v) is 4.65. The highest BCUT2D eigenvalue weighted by atomic mass is 16.5. The summed E-state index contributed by atoms with van der Waals surface area (Å²) < 4.78 is 5.65. The van der Waals surface area contributed by atoms with Crippen LogP contribution in [0.5, 0.6) is 0 Å². The van der Waals surface area contributed by atoms with Crippen LogP contribution in [0, 0.1) is 0 Å². The van der Waals surface area contributed by atoms with Gasteiger partial charge in [-0.2, -0.15) is 0 Å². The first-order valence-electron chi connectivity index (χ1n) is 4.65. The van der Waals surface area contributed by atoms with E-state index >= 15 is 0 Å². The highest BCUT2D eigenvalue weighted by molar-refractivity contribution is 4.79. The smallest absolute Gasteiger partial charge is 0.0730 e. The maximum Gasteiger partial charge on any atom is 0.0730 e. The average molecular weight is 157 g/mol. The summed E-state index contributed by atoms with van der Waals surface area (Å²) in [4.78, 5) is 0. The largest absolute Gasteiger partial charge is 0.374 e. The third-order valence-electron chi connectivity index (χ3n) is 2.36. The first-order chi connectivity index (χ1) is 5.24. The van der Waals surface area contributed by atoms with Crippen LogP contribution in [0.25, 0.3) is 0 Å². The topological polar surface area (TPSA) is 35.2 Å². The van der Waals surface area contributed by atoms with E-state index in [1.165, 1.54) is 6.42 Å². The van der Waals surface area contributed by atoms with Crippen LogP contribution in [-0.4, -0.2) is 18.2 Å². The van der Waals surface area contributed by atoms with E-state index in [0.717, 1.165) is 19.3 Å². The summed E-state index contributed by atoms with van der Waals surface area (Å²) in [6.45, 7) is 4.29. The molecule has 0 aliphatic carbocycles. The summed E-state index contributed by atoms with van der Waals surface area (Å²) >= 11 is 0. The molecule has 1 saturated heterocycles. The van der Waals surface area contributed by atoms with Crippen molar-refractivity contribution in [1.29, 1.82) is 0 Å². The Hall–Kier alpha value is -0.0800. The molecule has 0 aromatic rings. The zero-order valence-electron chi connectivity index (χ0n) is 7.55. The Balaban J connectivity index is 2.25. The van der Waals surface area contributed by atoms with Gasteiger partial charge in [-0.15, -0.1) is 0 Å². The second-order valence-electron chi connectivity index (χ2n) is 3.52. The lowest BCUT2D eigenvalue weighted by atomic mass is 10.0. The van der Waals surface area contributed by atoms with Crippen molar-refractivity contribution in [1.82, 2.24) is 0 Å². The minimum atomic E-state index is 0.268. The van der Waals surface area contributed by atoms with E-state index < -0.39 is 0 Å². The molecule has 1 aliphatic heterocycles. The Morgan fingerprint density at radius 3 is 2.73 bits per heavy atom. The zero-order chi connectivity index (χ0) is 8.27. The summed E-state index contributed by atoms with van der Waals surface area (Å²) in [6.07, 6.45) is 5.37. The molecule has 1 aliphatic rings. The fourth-order valence-electron chi connectivity index (χ4n) is 1.67. The molecule has 0 amide bonds. The highest BCUT2D eigenvalue weighted by Crippen LogP contribution is 2.22. The summed E-state index contributed by atoms with van der Waals surface area (Å²) in [5.41, 5.74) is 5.93. The van der Waals surface area contributed by atoms with Crippen LogP contribution >= 0.6 is 0 Å². The molecule has 0 spiro atoms. The van der Waals surface area contributed by atoms with E-state index in [4.69, 9.17) is 10.5 Å². The fraction of sp³-hybridized carbons (Fsp3) is 1.00. The van der Waals surface area contributed by atoms with Crippen molar-refractivity contribution < 1.29 is 4.74 Å². The summed E-state index contributed by atoms with van der Waals surface area (Å²) in [6, 6.07) is 0.268. The number of hydrogen-bond donors (Lipinski definition) is 1. The van der Waals surface area contributed by atoms with E-state index in [1.807, 2.05) is 0 Å². The minimum Gasteiger partial charge on any atom is -0.374 e. The van der Waals surface area contributed by atoms with Crippen LogP contribution in [0.3, 0.4) is 0 Å². The summed E-state index contributed by atoms with van der Waals surface area (Å²) in [7, 11) is 0. The number of ether oxygens (including phenoxy) is 1. The van der Waals surface area contributed by atoms with Gasteiger partial charge in [0.1, 0.15) is 0 Å². The summed E-state index contributed by atoms with van der Waals surface area (Å²) in [5, 5.41) is 0. The monoisotopic (exact) mass is 157 g/mol. The van der Waals surface area contributed by atoms with Crippen LogP contribution < -0.4 is 5.73 Å². The van der Waals surface area contributed by atoms with Crippen molar-refractivity contribution >= 4 is 0 Å². The van der Waals surface area contributed by atoms with E-state index in [1.54, 1.807) is 0 Å². The van der Waals surface area contributed by atoms with Gasteiger partial charge in [0, 0.05) is 6.04 Å². The van der Waals surface area contributed by atoms with Gasteiger partial charge in [-0.25, -0.2) is 0 Å². The van der Waals surface area contributed by atoms with E-state index in [9.17, 15) is 0 Å². The lowest BCUT2D eigenvalue weighted by Gasteiger charge is -2.18. The second-order valence-corrected chi connectivity index (χ2v) is 3.52. The van der Waals surface area contributed by atoms with Crippen molar-refractivity contribution in [3.05, 3.63) is 0 Å². The summed E-state index contributed by atoms with van der Waals surface area (Å²) in [5.74, 6) is 0. The van der Waals surface area contributed by atoms with Gasteiger partial charge in [-0.1, -0.05) is 13.3 Å². The number of hydrogen-bond acceptors (Lipinski definition) is 2. The van der Waals surface area contributed by atoms with Crippen molar-refractivity contribution in [3.63, 3.8) is 0 Å². The lowest BCUT2D eigenvalue weighted by molar-refractivity contribution is 0.0386. The third kappa shape index (κ3) is 2.46. The normalized spacial score (nSPS) is 34.1. The molecule has 11 heavy (non-hydrogen) atoms. The molecule has 0 aromatic heterocycles. The number of nitrogens with two attached hydrogens (primary N) is 1. The quantitative estimate of drug-likeness (QED) is 0.676. The van der Waals surface area contributed by atoms with Crippen molar-refractivity contribution in [2.75, 3.05) is 0 Å². The molecular weight excluding hydrogens is 138 g/mol. The molecule has 66 valence electrons. The number of rotatable bonds is 3. The Kier molecular flexibility index (Phi) is 3.34. The van der Waals surface area contributed by atoms with Crippen molar-refractivity contribution in [3.8, 4) is 0 Å². The van der Waals surface area contributed by atoms with Crippen LogP contribution in [0.15, 0.2) is 0 Å². The Bertz CT molecular complexity index is 116. The molecule has 1 fully saturated rings. The van der Waals surface area contributed by atoms with Gasteiger partial charge in [0.25, 0.3) is 0 Å². The highest BCUT2D eigenvalue weighted by Gasteiger charge is 2.26. The minimum absolute atomic E-state index is 0.268. The van der Waals surface area contributed by atoms with Gasteiger partial charge < -0.3 is 10.5 Å². The Labute approximate surface area is 69.1 Å². The van der Waals surface area contributed by atoms with Gasteiger partial charge in [-0.3, -0.25) is 0 Å². The molecular formula is C9H19NO.